The molecule has 1 amide bonds. The van der Waals surface area contributed by atoms with Crippen molar-refractivity contribution in [3.8, 4) is 11.3 Å². The van der Waals surface area contributed by atoms with Gasteiger partial charge in [0, 0.05) is 30.8 Å². The molecule has 0 bridgehead atoms. The van der Waals surface area contributed by atoms with Gasteiger partial charge in [0.15, 0.2) is 5.65 Å². The number of aromatic nitrogens is 5. The second-order valence-corrected chi connectivity index (χ2v) is 8.22. The van der Waals surface area contributed by atoms with E-state index in [2.05, 4.69) is 15.1 Å². The van der Waals surface area contributed by atoms with E-state index in [4.69, 9.17) is 4.98 Å². The summed E-state index contributed by atoms with van der Waals surface area (Å²) in [6.07, 6.45) is 5.33. The fraction of sp³-hybridized carbons (Fsp3) is 0.200. The van der Waals surface area contributed by atoms with E-state index in [-0.39, 0.29) is 11.8 Å². The van der Waals surface area contributed by atoms with Crippen LogP contribution in [-0.2, 0) is 0 Å². The van der Waals surface area contributed by atoms with Gasteiger partial charge in [-0.2, -0.15) is 5.10 Å². The molecule has 2 aromatic carbocycles. The number of para-hydroxylation sites is 2. The molecule has 1 N–H and O–H groups in total. The number of nitrogens with one attached hydrogen (secondary N) is 1. The Hall–Kier alpha value is -4.00. The molecule has 7 nitrogen and oxygen atoms in total. The van der Waals surface area contributed by atoms with Gasteiger partial charge in [-0.3, -0.25) is 4.79 Å². The highest BCUT2D eigenvalue weighted by Gasteiger charge is 2.29. The van der Waals surface area contributed by atoms with Crippen molar-refractivity contribution >= 4 is 22.6 Å². The highest BCUT2D eigenvalue weighted by molar-refractivity contribution is 6.00. The molecule has 0 spiro atoms. The van der Waals surface area contributed by atoms with Gasteiger partial charge in [-0.25, -0.2) is 14.5 Å². The molecule has 1 aliphatic rings. The van der Waals surface area contributed by atoms with Crippen molar-refractivity contribution in [1.29, 1.82) is 0 Å². The Labute approximate surface area is 184 Å². The number of fused-ring (bicyclic) bond motifs is 2. The van der Waals surface area contributed by atoms with Gasteiger partial charge in [-0.05, 0) is 31.0 Å². The summed E-state index contributed by atoms with van der Waals surface area (Å²) in [5.74, 6) is 1.11. The lowest BCUT2D eigenvalue weighted by molar-refractivity contribution is 0.0706. The summed E-state index contributed by atoms with van der Waals surface area (Å²) in [4.78, 5) is 28.1. The van der Waals surface area contributed by atoms with Crippen LogP contribution in [0, 0.1) is 0 Å². The Morgan fingerprint density at radius 2 is 1.88 bits per heavy atom. The zero-order chi connectivity index (χ0) is 21.5. The molecular formula is C25H22N6O. The van der Waals surface area contributed by atoms with Crippen molar-refractivity contribution in [3.05, 3.63) is 84.4 Å². The molecule has 5 aromatic rings. The summed E-state index contributed by atoms with van der Waals surface area (Å²) in [6.45, 7) is 1.36. The first kappa shape index (κ1) is 18.7. The number of likely N-dealkylation sites (tertiary alicyclic amines) is 1. The van der Waals surface area contributed by atoms with Gasteiger partial charge in [0.05, 0.1) is 22.9 Å². The lowest BCUT2D eigenvalue weighted by Gasteiger charge is -2.31. The fourth-order valence-electron chi connectivity index (χ4n) is 4.59. The van der Waals surface area contributed by atoms with Crippen molar-refractivity contribution in [2.24, 2.45) is 0 Å². The van der Waals surface area contributed by atoms with Crippen LogP contribution >= 0.6 is 0 Å². The largest absolute Gasteiger partial charge is 0.342 e. The fourth-order valence-corrected chi connectivity index (χ4v) is 4.59. The van der Waals surface area contributed by atoms with Crippen LogP contribution in [0.5, 0.6) is 0 Å². The van der Waals surface area contributed by atoms with Gasteiger partial charge in [0.2, 0.25) is 0 Å². The Kier molecular flexibility index (Phi) is 4.45. The van der Waals surface area contributed by atoms with Gasteiger partial charge >= 0.3 is 0 Å². The van der Waals surface area contributed by atoms with E-state index in [1.165, 1.54) is 0 Å². The summed E-state index contributed by atoms with van der Waals surface area (Å²) in [7, 11) is 0. The Morgan fingerprint density at radius 3 is 2.75 bits per heavy atom. The third-order valence-corrected chi connectivity index (χ3v) is 6.20. The van der Waals surface area contributed by atoms with Gasteiger partial charge in [0.25, 0.3) is 5.91 Å². The van der Waals surface area contributed by atoms with E-state index in [1.807, 2.05) is 65.6 Å². The number of benzene rings is 2. The molecule has 0 unspecified atom stereocenters. The Balaban J connectivity index is 1.30. The second kappa shape index (κ2) is 7.60. The molecule has 1 atom stereocenters. The highest BCUT2D eigenvalue weighted by atomic mass is 16.2. The number of aromatic amines is 1. The molecule has 0 saturated carbocycles. The third kappa shape index (κ3) is 3.13. The summed E-state index contributed by atoms with van der Waals surface area (Å²) in [6, 6.07) is 20.0. The Bertz CT molecular complexity index is 1390. The van der Waals surface area contributed by atoms with Crippen molar-refractivity contribution in [1.82, 2.24) is 29.5 Å². The minimum absolute atomic E-state index is 0.0291. The smallest absolute Gasteiger partial charge is 0.259 e. The van der Waals surface area contributed by atoms with Crippen LogP contribution in [0.3, 0.4) is 0 Å². The summed E-state index contributed by atoms with van der Waals surface area (Å²) in [5, 5.41) is 4.51. The molecule has 1 aliphatic heterocycles. The number of hydrogen-bond acceptors (Lipinski definition) is 4. The van der Waals surface area contributed by atoms with Crippen molar-refractivity contribution in [2.45, 2.75) is 18.8 Å². The van der Waals surface area contributed by atoms with Crippen LogP contribution in [0.25, 0.3) is 27.9 Å². The molecule has 4 heterocycles. The second-order valence-electron chi connectivity index (χ2n) is 8.22. The zero-order valence-electron chi connectivity index (χ0n) is 17.5. The van der Waals surface area contributed by atoms with E-state index in [0.717, 1.165) is 47.5 Å². The van der Waals surface area contributed by atoms with Gasteiger partial charge in [0.1, 0.15) is 11.4 Å². The maximum Gasteiger partial charge on any atom is 0.259 e. The highest BCUT2D eigenvalue weighted by Crippen LogP contribution is 2.28. The predicted octanol–water partition coefficient (Wildman–Crippen LogP) is 4.29. The number of rotatable bonds is 3. The minimum atomic E-state index is -0.0291. The first-order chi connectivity index (χ1) is 15.8. The number of carbonyl (C=O) groups excluding carboxylic acids is 1. The molecule has 7 heteroatoms. The van der Waals surface area contributed by atoms with Crippen LogP contribution < -0.4 is 0 Å². The van der Waals surface area contributed by atoms with E-state index in [0.29, 0.717) is 17.8 Å². The van der Waals surface area contributed by atoms with E-state index < -0.39 is 0 Å². The number of amides is 1. The maximum atomic E-state index is 13.5. The molecule has 0 radical (unpaired) electrons. The first-order valence-corrected chi connectivity index (χ1v) is 10.9. The number of hydrogen-bond donors (Lipinski definition) is 1. The van der Waals surface area contributed by atoms with Gasteiger partial charge in [-0.1, -0.05) is 42.5 Å². The predicted molar refractivity (Wildman–Crippen MR) is 122 cm³/mol. The maximum absolute atomic E-state index is 13.5. The Morgan fingerprint density at radius 1 is 1.03 bits per heavy atom. The summed E-state index contributed by atoms with van der Waals surface area (Å²) < 4.78 is 1.75. The molecule has 158 valence electrons. The summed E-state index contributed by atoms with van der Waals surface area (Å²) >= 11 is 0. The SMILES string of the molecule is O=C(c1cnn2c(-c3ccccc3)ccnc12)N1CCC[C@H](c2nc3ccccc3[nH]2)C1. The van der Waals surface area contributed by atoms with E-state index in [1.54, 1.807) is 16.9 Å². The summed E-state index contributed by atoms with van der Waals surface area (Å²) in [5.41, 5.74) is 5.06. The van der Waals surface area contributed by atoms with Crippen molar-refractivity contribution < 1.29 is 4.79 Å². The normalized spacial score (nSPS) is 16.6. The van der Waals surface area contributed by atoms with Gasteiger partial charge < -0.3 is 9.88 Å². The number of H-pyrrole nitrogens is 1. The molecule has 3 aromatic heterocycles. The molecular weight excluding hydrogens is 400 g/mol. The minimum Gasteiger partial charge on any atom is -0.342 e. The number of nitrogens with zero attached hydrogens (tertiary/aromatic N) is 5. The van der Waals surface area contributed by atoms with Crippen LogP contribution in [0.1, 0.15) is 34.9 Å². The molecule has 6 rings (SSSR count). The topological polar surface area (TPSA) is 79.2 Å². The average molecular weight is 422 g/mol. The van der Waals surface area contributed by atoms with Crippen molar-refractivity contribution in [3.63, 3.8) is 0 Å². The lowest BCUT2D eigenvalue weighted by Crippen LogP contribution is -2.39. The third-order valence-electron chi connectivity index (χ3n) is 6.20. The zero-order valence-corrected chi connectivity index (χ0v) is 17.5. The molecule has 1 saturated heterocycles. The van der Waals surface area contributed by atoms with Crippen LogP contribution in [0.4, 0.5) is 0 Å². The number of piperidine rings is 1. The molecule has 32 heavy (non-hydrogen) atoms. The van der Waals surface area contributed by atoms with Crippen molar-refractivity contribution in [2.75, 3.05) is 13.1 Å². The first-order valence-electron chi connectivity index (χ1n) is 10.9. The van der Waals surface area contributed by atoms with Crippen LogP contribution in [0.15, 0.2) is 73.1 Å². The standard InChI is InChI=1S/C25H22N6O/c32-25(19-15-27-31-22(12-13-26-24(19)31)17-7-2-1-3-8-17)30-14-6-9-18(16-30)23-28-20-10-4-5-11-21(20)29-23/h1-5,7-8,10-13,15,18H,6,9,14,16H2,(H,28,29)/t18-/m0/s1. The average Bonchev–Trinajstić information content (AvgIpc) is 3.49. The number of imidazole rings is 1. The number of carbonyl (C=O) groups is 1. The van der Waals surface area contributed by atoms with Crippen LogP contribution in [0.2, 0.25) is 0 Å². The quantitative estimate of drug-likeness (QED) is 0.470. The molecule has 0 aliphatic carbocycles. The van der Waals surface area contributed by atoms with Crippen LogP contribution in [-0.4, -0.2) is 48.5 Å². The monoisotopic (exact) mass is 422 g/mol. The molecule has 1 fully saturated rings. The van der Waals surface area contributed by atoms with Gasteiger partial charge in [-0.15, -0.1) is 0 Å². The van der Waals surface area contributed by atoms with E-state index >= 15 is 0 Å². The van der Waals surface area contributed by atoms with E-state index in [9.17, 15) is 4.79 Å². The lowest BCUT2D eigenvalue weighted by atomic mass is 9.97.